The third kappa shape index (κ3) is 4.05. The second kappa shape index (κ2) is 7.38. The van der Waals surface area contributed by atoms with Crippen molar-refractivity contribution in [2.45, 2.75) is 39.3 Å². The Hall–Kier alpha value is -0.910. The van der Waals surface area contributed by atoms with Gasteiger partial charge in [0.15, 0.2) is 0 Å². The van der Waals surface area contributed by atoms with Crippen molar-refractivity contribution in [3.05, 3.63) is 45.4 Å². The summed E-state index contributed by atoms with van der Waals surface area (Å²) < 4.78 is 2.94. The molecule has 1 aromatic heterocycles. The van der Waals surface area contributed by atoms with E-state index in [1.54, 1.807) is 6.33 Å². The molecule has 6 heteroatoms. The molecule has 2 rings (SSSR count). The van der Waals surface area contributed by atoms with Crippen LogP contribution in [0.25, 0.3) is 0 Å². The molecule has 0 amide bonds. The highest BCUT2D eigenvalue weighted by molar-refractivity contribution is 9.10. The molecular formula is C15H20BrClN4. The Labute approximate surface area is 139 Å². The van der Waals surface area contributed by atoms with E-state index < -0.39 is 0 Å². The van der Waals surface area contributed by atoms with Gasteiger partial charge in [-0.3, -0.25) is 0 Å². The lowest BCUT2D eigenvalue weighted by molar-refractivity contribution is 0.468. The third-order valence-electron chi connectivity index (χ3n) is 3.31. The van der Waals surface area contributed by atoms with Crippen LogP contribution in [0.3, 0.4) is 0 Å². The second-order valence-electron chi connectivity index (χ2n) is 5.19. The van der Waals surface area contributed by atoms with Crippen LogP contribution in [0.2, 0.25) is 5.02 Å². The van der Waals surface area contributed by atoms with Crippen LogP contribution >= 0.6 is 27.5 Å². The third-order valence-corrected chi connectivity index (χ3v) is 4.13. The predicted octanol–water partition coefficient (Wildman–Crippen LogP) is 4.17. The van der Waals surface area contributed by atoms with E-state index in [-0.39, 0.29) is 6.04 Å². The van der Waals surface area contributed by atoms with E-state index in [4.69, 9.17) is 11.6 Å². The largest absolute Gasteiger partial charge is 0.310 e. The maximum absolute atomic E-state index is 6.39. The average molecular weight is 372 g/mol. The van der Waals surface area contributed by atoms with Gasteiger partial charge in [0, 0.05) is 28.0 Å². The molecule has 0 bridgehead atoms. The summed E-state index contributed by atoms with van der Waals surface area (Å²) in [7, 11) is 0. The number of likely N-dealkylation sites (N-methyl/N-ethyl adjacent to an activating group) is 1. The highest BCUT2D eigenvalue weighted by Gasteiger charge is 2.18. The first-order valence-electron chi connectivity index (χ1n) is 7.09. The number of hydrogen-bond donors (Lipinski definition) is 1. The Morgan fingerprint density at radius 2 is 2.14 bits per heavy atom. The fraction of sp³-hybridized carbons (Fsp3) is 0.467. The summed E-state index contributed by atoms with van der Waals surface area (Å²) in [5.74, 6) is 0.968. The van der Waals surface area contributed by atoms with Crippen LogP contribution < -0.4 is 5.32 Å². The number of hydrogen-bond acceptors (Lipinski definition) is 3. The van der Waals surface area contributed by atoms with Gasteiger partial charge in [-0.15, -0.1) is 0 Å². The van der Waals surface area contributed by atoms with Gasteiger partial charge < -0.3 is 5.32 Å². The van der Waals surface area contributed by atoms with E-state index in [2.05, 4.69) is 58.2 Å². The van der Waals surface area contributed by atoms with Crippen LogP contribution in [-0.4, -0.2) is 21.3 Å². The van der Waals surface area contributed by atoms with Crippen molar-refractivity contribution in [1.82, 2.24) is 20.1 Å². The molecule has 0 aliphatic carbocycles. The zero-order valence-corrected chi connectivity index (χ0v) is 14.8. The molecule has 1 unspecified atom stereocenters. The molecule has 1 aromatic carbocycles. The average Bonchev–Trinajstić information content (AvgIpc) is 2.86. The number of rotatable bonds is 6. The summed E-state index contributed by atoms with van der Waals surface area (Å²) in [6, 6.07) is 6.41. The van der Waals surface area contributed by atoms with Gasteiger partial charge in [0.05, 0.1) is 0 Å². The molecule has 0 radical (unpaired) electrons. The first-order valence-corrected chi connectivity index (χ1v) is 8.26. The maximum atomic E-state index is 6.39. The molecule has 1 heterocycles. The maximum Gasteiger partial charge on any atom is 0.138 e. The summed E-state index contributed by atoms with van der Waals surface area (Å²) in [5, 5.41) is 8.53. The predicted molar refractivity (Wildman–Crippen MR) is 89.7 cm³/mol. The van der Waals surface area contributed by atoms with E-state index in [1.807, 2.05) is 16.8 Å². The Morgan fingerprint density at radius 3 is 2.76 bits per heavy atom. The van der Waals surface area contributed by atoms with Crippen molar-refractivity contribution >= 4 is 27.5 Å². The van der Waals surface area contributed by atoms with Crippen LogP contribution in [0.15, 0.2) is 29.0 Å². The molecule has 0 aliphatic heterocycles. The minimum atomic E-state index is 0.123. The van der Waals surface area contributed by atoms with Crippen molar-refractivity contribution in [3.63, 3.8) is 0 Å². The van der Waals surface area contributed by atoms with Gasteiger partial charge in [-0.25, -0.2) is 9.67 Å². The molecule has 0 saturated heterocycles. The van der Waals surface area contributed by atoms with Gasteiger partial charge in [0.1, 0.15) is 12.2 Å². The molecule has 2 aromatic rings. The van der Waals surface area contributed by atoms with Crippen LogP contribution in [0.1, 0.15) is 44.2 Å². The lowest BCUT2D eigenvalue weighted by Crippen LogP contribution is -2.25. The Balaban J connectivity index is 2.28. The molecule has 1 N–H and O–H groups in total. The van der Waals surface area contributed by atoms with E-state index in [0.717, 1.165) is 33.8 Å². The van der Waals surface area contributed by atoms with Crippen LogP contribution in [0.5, 0.6) is 0 Å². The second-order valence-corrected chi connectivity index (χ2v) is 6.52. The summed E-state index contributed by atoms with van der Waals surface area (Å²) in [5.41, 5.74) is 1.08. The zero-order chi connectivity index (χ0) is 15.4. The van der Waals surface area contributed by atoms with Crippen molar-refractivity contribution in [2.75, 3.05) is 6.54 Å². The summed E-state index contributed by atoms with van der Waals surface area (Å²) in [6.07, 6.45) is 2.37. The van der Waals surface area contributed by atoms with E-state index >= 15 is 0 Å². The van der Waals surface area contributed by atoms with Crippen LogP contribution in [-0.2, 0) is 6.42 Å². The quantitative estimate of drug-likeness (QED) is 0.829. The van der Waals surface area contributed by atoms with Gasteiger partial charge in [0.25, 0.3) is 0 Å². The Morgan fingerprint density at radius 1 is 1.38 bits per heavy atom. The number of nitrogens with zero attached hydrogens (tertiary/aromatic N) is 3. The summed E-state index contributed by atoms with van der Waals surface area (Å²) >= 11 is 9.83. The molecule has 0 aliphatic rings. The first kappa shape index (κ1) is 16.5. The lowest BCUT2D eigenvalue weighted by Gasteiger charge is -2.20. The van der Waals surface area contributed by atoms with Crippen LogP contribution in [0, 0.1) is 0 Å². The van der Waals surface area contributed by atoms with Crippen molar-refractivity contribution < 1.29 is 0 Å². The van der Waals surface area contributed by atoms with E-state index in [0.29, 0.717) is 6.04 Å². The fourth-order valence-corrected chi connectivity index (χ4v) is 3.16. The first-order chi connectivity index (χ1) is 10.0. The minimum absolute atomic E-state index is 0.123. The van der Waals surface area contributed by atoms with Crippen LogP contribution in [0.4, 0.5) is 0 Å². The summed E-state index contributed by atoms with van der Waals surface area (Å²) in [4.78, 5) is 4.39. The standard InChI is InChI=1S/C15H20BrClN4/c1-4-18-14(12-6-5-11(16)7-13(12)17)8-15-19-9-20-21(15)10(2)3/h5-7,9-10,14,18H,4,8H2,1-3H3. The van der Waals surface area contributed by atoms with Gasteiger partial charge in [0.2, 0.25) is 0 Å². The van der Waals surface area contributed by atoms with Crippen molar-refractivity contribution in [3.8, 4) is 0 Å². The SMILES string of the molecule is CCNC(Cc1ncnn1C(C)C)c1ccc(Br)cc1Cl. The molecule has 21 heavy (non-hydrogen) atoms. The molecule has 0 spiro atoms. The topological polar surface area (TPSA) is 42.7 Å². The number of halogens is 2. The van der Waals surface area contributed by atoms with E-state index in [9.17, 15) is 0 Å². The molecule has 0 saturated carbocycles. The smallest absolute Gasteiger partial charge is 0.138 e. The normalized spacial score (nSPS) is 12.9. The number of aromatic nitrogens is 3. The Kier molecular flexibility index (Phi) is 5.79. The summed E-state index contributed by atoms with van der Waals surface area (Å²) in [6.45, 7) is 7.17. The molecule has 4 nitrogen and oxygen atoms in total. The fourth-order valence-electron chi connectivity index (χ4n) is 2.36. The van der Waals surface area contributed by atoms with Gasteiger partial charge in [-0.1, -0.05) is 40.5 Å². The lowest BCUT2D eigenvalue weighted by atomic mass is 10.0. The molecule has 114 valence electrons. The molecule has 0 fully saturated rings. The zero-order valence-electron chi connectivity index (χ0n) is 12.5. The van der Waals surface area contributed by atoms with Gasteiger partial charge in [-0.05, 0) is 38.1 Å². The highest BCUT2D eigenvalue weighted by atomic mass is 79.9. The van der Waals surface area contributed by atoms with Crippen molar-refractivity contribution in [2.24, 2.45) is 0 Å². The van der Waals surface area contributed by atoms with Crippen molar-refractivity contribution in [1.29, 1.82) is 0 Å². The van der Waals surface area contributed by atoms with E-state index in [1.165, 1.54) is 0 Å². The van der Waals surface area contributed by atoms with Gasteiger partial charge >= 0.3 is 0 Å². The number of nitrogens with one attached hydrogen (secondary N) is 1. The Bertz CT molecular complexity index is 597. The monoisotopic (exact) mass is 370 g/mol. The molecular weight excluding hydrogens is 352 g/mol. The highest BCUT2D eigenvalue weighted by Crippen LogP contribution is 2.28. The number of benzene rings is 1. The molecule has 1 atom stereocenters. The minimum Gasteiger partial charge on any atom is -0.310 e. The van der Waals surface area contributed by atoms with Gasteiger partial charge in [-0.2, -0.15) is 5.10 Å².